The lowest BCUT2D eigenvalue weighted by atomic mass is 10.2. The number of thiocarbonyl (C=S) groups is 1. The Morgan fingerprint density at radius 3 is 2.29 bits per heavy atom. The van der Waals surface area contributed by atoms with Crippen molar-refractivity contribution in [3.8, 4) is 0 Å². The van der Waals surface area contributed by atoms with Crippen molar-refractivity contribution in [2.75, 3.05) is 4.72 Å². The number of nitrogens with two attached hydrogens (primary N) is 1. The number of sulfonamides is 1. The van der Waals surface area contributed by atoms with E-state index in [2.05, 4.69) is 9.71 Å². The fraction of sp³-hybridized carbons (Fsp3) is 0.143. The Morgan fingerprint density at radius 2 is 1.76 bits per heavy atom. The molecule has 0 saturated heterocycles. The second-order valence-electron chi connectivity index (χ2n) is 4.58. The minimum absolute atomic E-state index is 0.141. The molecule has 0 spiro atoms. The molecule has 2 rings (SSSR count). The van der Waals surface area contributed by atoms with Gasteiger partial charge in [-0.3, -0.25) is 9.71 Å². The summed E-state index contributed by atoms with van der Waals surface area (Å²) in [5.74, 6) is 0. The number of aryl methyl sites for hydroxylation is 2. The van der Waals surface area contributed by atoms with Crippen molar-refractivity contribution < 1.29 is 8.42 Å². The molecule has 0 amide bonds. The maximum absolute atomic E-state index is 12.3. The number of pyridine rings is 1. The molecule has 0 saturated carbocycles. The van der Waals surface area contributed by atoms with Crippen LogP contribution in [-0.2, 0) is 10.0 Å². The first kappa shape index (κ1) is 15.4. The highest BCUT2D eigenvalue weighted by Crippen LogP contribution is 2.19. The monoisotopic (exact) mass is 321 g/mol. The van der Waals surface area contributed by atoms with E-state index in [-0.39, 0.29) is 9.88 Å². The minimum Gasteiger partial charge on any atom is -0.389 e. The van der Waals surface area contributed by atoms with Crippen molar-refractivity contribution in [2.24, 2.45) is 5.73 Å². The van der Waals surface area contributed by atoms with Gasteiger partial charge >= 0.3 is 0 Å². The molecule has 3 N–H and O–H groups in total. The third-order valence-corrected chi connectivity index (χ3v) is 4.54. The van der Waals surface area contributed by atoms with Gasteiger partial charge in [0, 0.05) is 11.3 Å². The lowest BCUT2D eigenvalue weighted by Crippen LogP contribution is -2.15. The van der Waals surface area contributed by atoms with Crippen LogP contribution in [0.3, 0.4) is 0 Å². The number of hydrogen-bond acceptors (Lipinski definition) is 4. The van der Waals surface area contributed by atoms with Crippen molar-refractivity contribution in [1.29, 1.82) is 0 Å². The molecular formula is C14H15N3O2S2. The van der Waals surface area contributed by atoms with Crippen molar-refractivity contribution in [3.63, 3.8) is 0 Å². The van der Waals surface area contributed by atoms with Gasteiger partial charge in [-0.05, 0) is 38.1 Å². The maximum Gasteiger partial charge on any atom is 0.261 e. The van der Waals surface area contributed by atoms with E-state index in [1.165, 1.54) is 12.1 Å². The van der Waals surface area contributed by atoms with E-state index in [0.29, 0.717) is 16.9 Å². The van der Waals surface area contributed by atoms with E-state index in [4.69, 9.17) is 18.0 Å². The van der Waals surface area contributed by atoms with Gasteiger partial charge < -0.3 is 5.73 Å². The van der Waals surface area contributed by atoms with Gasteiger partial charge in [0.15, 0.2) is 0 Å². The number of nitrogens with one attached hydrogen (secondary N) is 1. The summed E-state index contributed by atoms with van der Waals surface area (Å²) >= 11 is 4.84. The van der Waals surface area contributed by atoms with Gasteiger partial charge in [0.2, 0.25) is 0 Å². The van der Waals surface area contributed by atoms with Gasteiger partial charge in [-0.2, -0.15) is 0 Å². The molecule has 0 radical (unpaired) electrons. The molecule has 7 heteroatoms. The van der Waals surface area contributed by atoms with Gasteiger partial charge in [-0.25, -0.2) is 8.42 Å². The van der Waals surface area contributed by atoms with Crippen LogP contribution in [0.2, 0.25) is 0 Å². The molecule has 21 heavy (non-hydrogen) atoms. The molecule has 1 aromatic carbocycles. The predicted octanol–water partition coefficient (Wildman–Crippen LogP) is 2.13. The molecule has 0 fully saturated rings. The number of benzene rings is 1. The second kappa shape index (κ2) is 5.79. The van der Waals surface area contributed by atoms with Crippen LogP contribution in [0.5, 0.6) is 0 Å². The van der Waals surface area contributed by atoms with Crippen molar-refractivity contribution in [1.82, 2.24) is 4.98 Å². The summed E-state index contributed by atoms with van der Waals surface area (Å²) in [4.78, 5) is 4.60. The Labute approximate surface area is 129 Å². The van der Waals surface area contributed by atoms with E-state index in [9.17, 15) is 8.42 Å². The average Bonchev–Trinajstić information content (AvgIpc) is 2.42. The predicted molar refractivity (Wildman–Crippen MR) is 86.8 cm³/mol. The van der Waals surface area contributed by atoms with Crippen LogP contribution in [0.1, 0.15) is 17.0 Å². The van der Waals surface area contributed by atoms with Gasteiger partial charge in [0.05, 0.1) is 16.3 Å². The zero-order valence-electron chi connectivity index (χ0n) is 11.6. The zero-order valence-corrected chi connectivity index (χ0v) is 13.3. The number of anilines is 1. The smallest absolute Gasteiger partial charge is 0.261 e. The molecule has 0 bridgehead atoms. The topological polar surface area (TPSA) is 85.1 Å². The van der Waals surface area contributed by atoms with E-state index in [0.717, 1.165) is 5.69 Å². The number of rotatable bonds is 4. The first-order valence-corrected chi connectivity index (χ1v) is 8.06. The number of hydrogen-bond donors (Lipinski definition) is 2. The van der Waals surface area contributed by atoms with Gasteiger partial charge in [0.1, 0.15) is 4.99 Å². The standard InChI is InChI=1S/C14H15N3O2S2/c1-9-3-8-13(10(2)16-9)17-21(18,19)12-6-4-11(5-7-12)14(15)20/h3-8,17H,1-2H3,(H2,15,20). The average molecular weight is 321 g/mol. The van der Waals surface area contributed by atoms with Crippen LogP contribution in [-0.4, -0.2) is 18.4 Å². The van der Waals surface area contributed by atoms with Crippen molar-refractivity contribution in [2.45, 2.75) is 18.7 Å². The Morgan fingerprint density at radius 1 is 1.14 bits per heavy atom. The first-order chi connectivity index (χ1) is 9.79. The summed E-state index contributed by atoms with van der Waals surface area (Å²) in [5.41, 5.74) is 8.02. The molecule has 0 unspecified atom stereocenters. The SMILES string of the molecule is Cc1ccc(NS(=O)(=O)c2ccc(C(N)=S)cc2)c(C)n1. The van der Waals surface area contributed by atoms with E-state index in [1.54, 1.807) is 31.2 Å². The summed E-state index contributed by atoms with van der Waals surface area (Å²) in [7, 11) is -3.67. The van der Waals surface area contributed by atoms with Crippen LogP contribution in [0.15, 0.2) is 41.3 Å². The van der Waals surface area contributed by atoms with Crippen LogP contribution in [0, 0.1) is 13.8 Å². The Kier molecular flexibility index (Phi) is 4.24. The minimum atomic E-state index is -3.67. The highest BCUT2D eigenvalue weighted by atomic mass is 32.2. The van der Waals surface area contributed by atoms with E-state index >= 15 is 0 Å². The quantitative estimate of drug-likeness (QED) is 0.843. The Bertz CT molecular complexity index is 784. The second-order valence-corrected chi connectivity index (χ2v) is 6.70. The van der Waals surface area contributed by atoms with E-state index < -0.39 is 10.0 Å². The molecule has 0 atom stereocenters. The third-order valence-electron chi connectivity index (χ3n) is 2.92. The van der Waals surface area contributed by atoms with Crippen LogP contribution in [0.25, 0.3) is 0 Å². The highest BCUT2D eigenvalue weighted by Gasteiger charge is 2.15. The fourth-order valence-electron chi connectivity index (χ4n) is 1.80. The molecule has 0 aliphatic rings. The van der Waals surface area contributed by atoms with Crippen molar-refractivity contribution in [3.05, 3.63) is 53.3 Å². The van der Waals surface area contributed by atoms with Crippen LogP contribution in [0.4, 0.5) is 5.69 Å². The molecule has 1 heterocycles. The molecule has 0 aliphatic heterocycles. The van der Waals surface area contributed by atoms with Gasteiger partial charge in [-0.15, -0.1) is 0 Å². The van der Waals surface area contributed by atoms with Gasteiger partial charge in [0.25, 0.3) is 10.0 Å². The lowest BCUT2D eigenvalue weighted by Gasteiger charge is -2.11. The first-order valence-electron chi connectivity index (χ1n) is 6.16. The normalized spacial score (nSPS) is 11.1. The molecule has 2 aromatic rings. The molecule has 0 aliphatic carbocycles. The number of nitrogens with zero attached hydrogens (tertiary/aromatic N) is 1. The Balaban J connectivity index is 2.31. The lowest BCUT2D eigenvalue weighted by molar-refractivity contribution is 0.601. The molecule has 5 nitrogen and oxygen atoms in total. The Hall–Kier alpha value is -1.99. The molecule has 110 valence electrons. The fourth-order valence-corrected chi connectivity index (χ4v) is 3.05. The summed E-state index contributed by atoms with van der Waals surface area (Å²) in [6.45, 7) is 3.60. The van der Waals surface area contributed by atoms with Gasteiger partial charge in [-0.1, -0.05) is 24.4 Å². The summed E-state index contributed by atoms with van der Waals surface area (Å²) < 4.78 is 27.2. The largest absolute Gasteiger partial charge is 0.389 e. The highest BCUT2D eigenvalue weighted by molar-refractivity contribution is 7.92. The zero-order chi connectivity index (χ0) is 15.6. The third kappa shape index (κ3) is 3.56. The van der Waals surface area contributed by atoms with Crippen LogP contribution >= 0.6 is 12.2 Å². The summed E-state index contributed by atoms with van der Waals surface area (Å²) in [6.07, 6.45) is 0. The number of aromatic nitrogens is 1. The summed E-state index contributed by atoms with van der Waals surface area (Å²) in [5, 5.41) is 0. The summed E-state index contributed by atoms with van der Waals surface area (Å²) in [6, 6.07) is 9.54. The van der Waals surface area contributed by atoms with Crippen molar-refractivity contribution >= 4 is 32.9 Å². The molecule has 1 aromatic heterocycles. The van der Waals surface area contributed by atoms with E-state index in [1.807, 2.05) is 6.92 Å². The maximum atomic E-state index is 12.3. The van der Waals surface area contributed by atoms with Crippen LogP contribution < -0.4 is 10.5 Å². The molecular weight excluding hydrogens is 306 g/mol.